The van der Waals surface area contributed by atoms with Crippen LogP contribution in [0.2, 0.25) is 0 Å². The first-order chi connectivity index (χ1) is 9.65. The number of aromatic nitrogens is 1. The Balaban J connectivity index is 2.23. The number of carbonyl (C=O) groups excluding carboxylic acids is 2. The third kappa shape index (κ3) is 2.99. The molecule has 5 nitrogen and oxygen atoms in total. The van der Waals surface area contributed by atoms with E-state index in [9.17, 15) is 9.59 Å². The van der Waals surface area contributed by atoms with Crippen molar-refractivity contribution >= 4 is 22.7 Å². The minimum atomic E-state index is -0.158. The van der Waals surface area contributed by atoms with E-state index in [0.717, 1.165) is 17.3 Å². The van der Waals surface area contributed by atoms with Crippen LogP contribution in [0, 0.1) is 0 Å². The Labute approximate surface area is 118 Å². The molecule has 1 heterocycles. The molecule has 0 aliphatic carbocycles. The summed E-state index contributed by atoms with van der Waals surface area (Å²) < 4.78 is 0. The summed E-state index contributed by atoms with van der Waals surface area (Å²) in [5.41, 5.74) is 1.60. The molecular formula is C15H19N3O2. The number of benzene rings is 1. The number of amides is 2. The van der Waals surface area contributed by atoms with Crippen molar-refractivity contribution in [3.05, 3.63) is 36.0 Å². The van der Waals surface area contributed by atoms with Crippen LogP contribution < -0.4 is 5.32 Å². The van der Waals surface area contributed by atoms with Gasteiger partial charge in [0.15, 0.2) is 0 Å². The highest BCUT2D eigenvalue weighted by Gasteiger charge is 2.17. The number of nitrogens with one attached hydrogen (secondary N) is 2. The van der Waals surface area contributed by atoms with E-state index < -0.39 is 0 Å². The Morgan fingerprint density at radius 3 is 2.80 bits per heavy atom. The van der Waals surface area contributed by atoms with Gasteiger partial charge in [-0.1, -0.05) is 6.92 Å². The topological polar surface area (TPSA) is 65.2 Å². The van der Waals surface area contributed by atoms with Gasteiger partial charge in [-0.15, -0.1) is 0 Å². The minimum Gasteiger partial charge on any atom is -0.361 e. The van der Waals surface area contributed by atoms with E-state index in [1.807, 2.05) is 31.3 Å². The average Bonchev–Trinajstić information content (AvgIpc) is 2.93. The van der Waals surface area contributed by atoms with Gasteiger partial charge in [-0.05, 0) is 30.7 Å². The molecule has 2 rings (SSSR count). The lowest BCUT2D eigenvalue weighted by atomic mass is 10.1. The van der Waals surface area contributed by atoms with Gasteiger partial charge in [-0.3, -0.25) is 9.59 Å². The van der Waals surface area contributed by atoms with Crippen LogP contribution in [0.25, 0.3) is 10.9 Å². The summed E-state index contributed by atoms with van der Waals surface area (Å²) in [6.45, 7) is 2.64. The highest BCUT2D eigenvalue weighted by molar-refractivity contribution is 5.99. The number of hydrogen-bond acceptors (Lipinski definition) is 2. The van der Waals surface area contributed by atoms with Crippen molar-refractivity contribution in [1.29, 1.82) is 0 Å². The lowest BCUT2D eigenvalue weighted by Crippen LogP contribution is -2.40. The second kappa shape index (κ2) is 6.23. The van der Waals surface area contributed by atoms with E-state index in [4.69, 9.17) is 0 Å². The smallest absolute Gasteiger partial charge is 0.254 e. The summed E-state index contributed by atoms with van der Waals surface area (Å²) in [6.07, 6.45) is 2.66. The van der Waals surface area contributed by atoms with Crippen LogP contribution >= 0.6 is 0 Å². The molecule has 1 aromatic heterocycles. The molecule has 1 aromatic carbocycles. The minimum absolute atomic E-state index is 0.0916. The van der Waals surface area contributed by atoms with Crippen molar-refractivity contribution < 1.29 is 9.59 Å². The van der Waals surface area contributed by atoms with Gasteiger partial charge < -0.3 is 15.2 Å². The number of fused-ring (bicyclic) bond motifs is 1. The molecule has 0 spiro atoms. The van der Waals surface area contributed by atoms with Crippen LogP contribution in [0.15, 0.2) is 30.5 Å². The van der Waals surface area contributed by atoms with Crippen LogP contribution in [0.3, 0.4) is 0 Å². The second-order valence-electron chi connectivity index (χ2n) is 4.68. The lowest BCUT2D eigenvalue weighted by Gasteiger charge is -2.21. The van der Waals surface area contributed by atoms with Crippen molar-refractivity contribution in [2.75, 3.05) is 20.1 Å². The predicted molar refractivity (Wildman–Crippen MR) is 78.6 cm³/mol. The summed E-state index contributed by atoms with van der Waals surface area (Å²) in [5, 5.41) is 3.54. The molecule has 0 aliphatic rings. The number of H-pyrrole nitrogens is 1. The van der Waals surface area contributed by atoms with E-state index in [0.29, 0.717) is 12.1 Å². The van der Waals surface area contributed by atoms with Crippen molar-refractivity contribution in [3.63, 3.8) is 0 Å². The first kappa shape index (κ1) is 14.1. The summed E-state index contributed by atoms with van der Waals surface area (Å²) in [7, 11) is 1.57. The highest BCUT2D eigenvalue weighted by Crippen LogP contribution is 2.16. The number of rotatable bonds is 5. The number of aromatic amines is 1. The monoisotopic (exact) mass is 273 g/mol. The molecule has 0 saturated heterocycles. The van der Waals surface area contributed by atoms with Gasteiger partial charge in [0.05, 0.1) is 6.54 Å². The van der Waals surface area contributed by atoms with Gasteiger partial charge >= 0.3 is 0 Å². The standard InChI is InChI=1S/C15H19N3O2/c1-3-8-18(10-14(19)16-2)15(20)12-4-5-13-11(9-12)6-7-17-13/h4-7,9,17H,3,8,10H2,1-2H3,(H,16,19). The molecule has 0 saturated carbocycles. The quantitative estimate of drug-likeness (QED) is 0.872. The molecule has 0 radical (unpaired) electrons. The van der Waals surface area contributed by atoms with Crippen LogP contribution in [-0.4, -0.2) is 41.8 Å². The Kier molecular flexibility index (Phi) is 4.40. The number of nitrogens with zero attached hydrogens (tertiary/aromatic N) is 1. The van der Waals surface area contributed by atoms with Gasteiger partial charge in [-0.25, -0.2) is 0 Å². The molecule has 0 unspecified atom stereocenters. The fraction of sp³-hybridized carbons (Fsp3) is 0.333. The Morgan fingerprint density at radius 2 is 2.10 bits per heavy atom. The summed E-state index contributed by atoms with van der Waals surface area (Å²) in [5.74, 6) is -0.270. The van der Waals surface area contributed by atoms with E-state index in [2.05, 4.69) is 10.3 Å². The zero-order chi connectivity index (χ0) is 14.5. The maximum atomic E-state index is 12.5. The molecule has 106 valence electrons. The molecule has 0 bridgehead atoms. The van der Waals surface area contributed by atoms with Crippen molar-refractivity contribution in [2.45, 2.75) is 13.3 Å². The van der Waals surface area contributed by atoms with Crippen molar-refractivity contribution in [3.8, 4) is 0 Å². The fourth-order valence-electron chi connectivity index (χ4n) is 2.14. The van der Waals surface area contributed by atoms with E-state index in [1.165, 1.54) is 0 Å². The number of hydrogen-bond donors (Lipinski definition) is 2. The molecule has 2 N–H and O–H groups in total. The van der Waals surface area contributed by atoms with E-state index >= 15 is 0 Å². The zero-order valence-electron chi connectivity index (χ0n) is 11.8. The van der Waals surface area contributed by atoms with Gasteiger partial charge in [0, 0.05) is 36.3 Å². The molecule has 0 atom stereocenters. The Hall–Kier alpha value is -2.30. The van der Waals surface area contributed by atoms with Crippen LogP contribution in [0.1, 0.15) is 23.7 Å². The van der Waals surface area contributed by atoms with Gasteiger partial charge in [0.2, 0.25) is 5.91 Å². The Morgan fingerprint density at radius 1 is 1.30 bits per heavy atom. The van der Waals surface area contributed by atoms with Gasteiger partial charge in [0.1, 0.15) is 0 Å². The van der Waals surface area contributed by atoms with Gasteiger partial charge in [0.25, 0.3) is 5.91 Å². The van der Waals surface area contributed by atoms with Gasteiger partial charge in [-0.2, -0.15) is 0 Å². The van der Waals surface area contributed by atoms with Crippen LogP contribution in [0.4, 0.5) is 0 Å². The summed E-state index contributed by atoms with van der Waals surface area (Å²) in [4.78, 5) is 28.6. The molecule has 20 heavy (non-hydrogen) atoms. The predicted octanol–water partition coefficient (Wildman–Crippen LogP) is 1.77. The number of carbonyl (C=O) groups is 2. The maximum absolute atomic E-state index is 12.5. The highest BCUT2D eigenvalue weighted by atomic mass is 16.2. The molecule has 2 amide bonds. The zero-order valence-corrected chi connectivity index (χ0v) is 11.8. The fourth-order valence-corrected chi connectivity index (χ4v) is 2.14. The first-order valence-electron chi connectivity index (χ1n) is 6.72. The van der Waals surface area contributed by atoms with E-state index in [1.54, 1.807) is 18.0 Å². The molecular weight excluding hydrogens is 254 g/mol. The molecule has 0 fully saturated rings. The van der Waals surface area contributed by atoms with Crippen LogP contribution in [-0.2, 0) is 4.79 Å². The normalized spacial score (nSPS) is 10.5. The van der Waals surface area contributed by atoms with E-state index in [-0.39, 0.29) is 18.4 Å². The van der Waals surface area contributed by atoms with Crippen molar-refractivity contribution in [2.24, 2.45) is 0 Å². The van der Waals surface area contributed by atoms with Crippen molar-refractivity contribution in [1.82, 2.24) is 15.2 Å². The third-order valence-electron chi connectivity index (χ3n) is 3.19. The summed E-state index contributed by atoms with van der Waals surface area (Å²) in [6, 6.07) is 7.44. The number of likely N-dealkylation sites (N-methyl/N-ethyl adjacent to an activating group) is 1. The summed E-state index contributed by atoms with van der Waals surface area (Å²) >= 11 is 0. The lowest BCUT2D eigenvalue weighted by molar-refractivity contribution is -0.121. The molecule has 2 aromatic rings. The largest absolute Gasteiger partial charge is 0.361 e. The van der Waals surface area contributed by atoms with Crippen LogP contribution in [0.5, 0.6) is 0 Å². The Bertz CT molecular complexity index is 618. The SMILES string of the molecule is CCCN(CC(=O)NC)C(=O)c1ccc2[nH]ccc2c1. The molecule has 0 aliphatic heterocycles. The maximum Gasteiger partial charge on any atom is 0.254 e. The first-order valence-corrected chi connectivity index (χ1v) is 6.72. The third-order valence-corrected chi connectivity index (χ3v) is 3.19. The second-order valence-corrected chi connectivity index (χ2v) is 4.68. The molecule has 5 heteroatoms. The average molecular weight is 273 g/mol.